The first-order chi connectivity index (χ1) is 13.4. The minimum Gasteiger partial charge on any atom is -0.466 e. The highest BCUT2D eigenvalue weighted by atomic mass is 32.1. The molecule has 1 unspecified atom stereocenters. The standard InChI is InChI=1S/C21H21N3O3S/c1-13-17(20(26)27-3)18(23-21(28)24(13)2)15-10-7-11-16(12-15)22-19(25)14-8-5-4-6-9-14/h4-12,18H,1-3H3,(H,22,25)(H,23,28). The Balaban J connectivity index is 1.93. The number of amides is 1. The van der Waals surface area contributed by atoms with Crippen LogP contribution in [-0.4, -0.2) is 36.0 Å². The number of thiocarbonyl (C=S) groups is 1. The summed E-state index contributed by atoms with van der Waals surface area (Å²) in [5.41, 5.74) is 3.18. The Kier molecular flexibility index (Phi) is 5.75. The van der Waals surface area contributed by atoms with Crippen LogP contribution in [0.15, 0.2) is 65.9 Å². The number of anilines is 1. The van der Waals surface area contributed by atoms with Gasteiger partial charge in [-0.3, -0.25) is 4.79 Å². The molecular formula is C21H21N3O3S. The summed E-state index contributed by atoms with van der Waals surface area (Å²) in [5.74, 6) is -0.632. The highest BCUT2D eigenvalue weighted by Crippen LogP contribution is 2.31. The maximum absolute atomic E-state index is 12.4. The average molecular weight is 395 g/mol. The Morgan fingerprint density at radius 3 is 2.54 bits per heavy atom. The monoisotopic (exact) mass is 395 g/mol. The first-order valence-corrected chi connectivity index (χ1v) is 9.13. The van der Waals surface area contributed by atoms with Crippen molar-refractivity contribution in [3.63, 3.8) is 0 Å². The molecular weight excluding hydrogens is 374 g/mol. The Morgan fingerprint density at radius 2 is 1.86 bits per heavy atom. The van der Waals surface area contributed by atoms with E-state index in [0.29, 0.717) is 21.9 Å². The van der Waals surface area contributed by atoms with E-state index < -0.39 is 12.0 Å². The summed E-state index contributed by atoms with van der Waals surface area (Å²) >= 11 is 5.38. The third kappa shape index (κ3) is 3.89. The second kappa shape index (κ2) is 8.22. The Morgan fingerprint density at radius 1 is 1.14 bits per heavy atom. The van der Waals surface area contributed by atoms with E-state index in [1.165, 1.54) is 7.11 Å². The van der Waals surface area contributed by atoms with Crippen molar-refractivity contribution in [2.24, 2.45) is 0 Å². The lowest BCUT2D eigenvalue weighted by molar-refractivity contribution is -0.136. The molecule has 1 heterocycles. The Labute approximate surface area is 169 Å². The summed E-state index contributed by atoms with van der Waals surface area (Å²) in [4.78, 5) is 26.6. The molecule has 28 heavy (non-hydrogen) atoms. The predicted molar refractivity (Wildman–Crippen MR) is 112 cm³/mol. The quantitative estimate of drug-likeness (QED) is 0.612. The van der Waals surface area contributed by atoms with Gasteiger partial charge in [0.2, 0.25) is 0 Å². The van der Waals surface area contributed by atoms with Crippen LogP contribution in [0.25, 0.3) is 0 Å². The smallest absolute Gasteiger partial charge is 0.337 e. The van der Waals surface area contributed by atoms with Crippen molar-refractivity contribution >= 4 is 34.9 Å². The maximum atomic E-state index is 12.4. The summed E-state index contributed by atoms with van der Waals surface area (Å²) in [5, 5.41) is 6.57. The van der Waals surface area contributed by atoms with Crippen molar-refractivity contribution in [1.29, 1.82) is 0 Å². The number of hydrogen-bond donors (Lipinski definition) is 2. The van der Waals surface area contributed by atoms with Crippen LogP contribution in [0.5, 0.6) is 0 Å². The number of nitrogens with zero attached hydrogens (tertiary/aromatic N) is 1. The van der Waals surface area contributed by atoms with E-state index in [-0.39, 0.29) is 5.91 Å². The summed E-state index contributed by atoms with van der Waals surface area (Å²) in [6.45, 7) is 1.83. The lowest BCUT2D eigenvalue weighted by Gasteiger charge is -2.35. The van der Waals surface area contributed by atoms with Crippen molar-refractivity contribution in [2.45, 2.75) is 13.0 Å². The largest absolute Gasteiger partial charge is 0.466 e. The average Bonchev–Trinajstić information content (AvgIpc) is 2.72. The van der Waals surface area contributed by atoms with Gasteiger partial charge in [0.15, 0.2) is 5.11 Å². The number of hydrogen-bond acceptors (Lipinski definition) is 4. The molecule has 1 aliphatic heterocycles. The molecule has 0 aliphatic carbocycles. The fraction of sp³-hybridized carbons (Fsp3) is 0.190. The summed E-state index contributed by atoms with van der Waals surface area (Å²) in [7, 11) is 3.14. The second-order valence-corrected chi connectivity index (χ2v) is 6.76. The Hall–Kier alpha value is -3.19. The zero-order chi connectivity index (χ0) is 20.3. The molecule has 144 valence electrons. The molecule has 6 nitrogen and oxygen atoms in total. The van der Waals surface area contributed by atoms with Crippen LogP contribution in [0.3, 0.4) is 0 Å². The highest BCUT2D eigenvalue weighted by molar-refractivity contribution is 7.80. The van der Waals surface area contributed by atoms with E-state index in [1.54, 1.807) is 30.1 Å². The molecule has 7 heteroatoms. The number of rotatable bonds is 4. The third-order valence-electron chi connectivity index (χ3n) is 4.67. The number of carbonyl (C=O) groups is 2. The van der Waals surface area contributed by atoms with E-state index in [1.807, 2.05) is 43.3 Å². The van der Waals surface area contributed by atoms with Gasteiger partial charge in [0.05, 0.1) is 18.7 Å². The van der Waals surface area contributed by atoms with Gasteiger partial charge in [-0.05, 0) is 49.0 Å². The summed E-state index contributed by atoms with van der Waals surface area (Å²) < 4.78 is 4.97. The second-order valence-electron chi connectivity index (χ2n) is 6.38. The number of allylic oxidation sites excluding steroid dienone is 1. The number of esters is 1. The van der Waals surface area contributed by atoms with Gasteiger partial charge in [0, 0.05) is 24.0 Å². The first kappa shape index (κ1) is 19.6. The van der Waals surface area contributed by atoms with E-state index >= 15 is 0 Å². The number of ether oxygens (including phenoxy) is 1. The van der Waals surface area contributed by atoms with E-state index in [2.05, 4.69) is 10.6 Å². The first-order valence-electron chi connectivity index (χ1n) is 8.72. The van der Waals surface area contributed by atoms with Crippen molar-refractivity contribution in [2.75, 3.05) is 19.5 Å². The molecule has 2 aromatic rings. The molecule has 0 spiro atoms. The minimum atomic E-state index is -0.468. The summed E-state index contributed by atoms with van der Waals surface area (Å²) in [6, 6.07) is 15.8. The number of carbonyl (C=O) groups excluding carboxylic acids is 2. The van der Waals surface area contributed by atoms with Gasteiger partial charge in [0.1, 0.15) is 0 Å². The number of methoxy groups -OCH3 is 1. The van der Waals surface area contributed by atoms with E-state index in [9.17, 15) is 9.59 Å². The normalized spacial score (nSPS) is 16.5. The van der Waals surface area contributed by atoms with Gasteiger partial charge in [0.25, 0.3) is 5.91 Å². The van der Waals surface area contributed by atoms with Crippen molar-refractivity contribution in [1.82, 2.24) is 10.2 Å². The van der Waals surface area contributed by atoms with Gasteiger partial charge >= 0.3 is 5.97 Å². The number of benzene rings is 2. The predicted octanol–water partition coefficient (Wildman–Crippen LogP) is 3.25. The maximum Gasteiger partial charge on any atom is 0.337 e. The van der Waals surface area contributed by atoms with Gasteiger partial charge < -0.3 is 20.3 Å². The fourth-order valence-corrected chi connectivity index (χ4v) is 3.30. The third-order valence-corrected chi connectivity index (χ3v) is 5.06. The zero-order valence-electron chi connectivity index (χ0n) is 15.9. The Bertz CT molecular complexity index is 956. The molecule has 3 rings (SSSR count). The van der Waals surface area contributed by atoms with E-state index in [0.717, 1.165) is 11.3 Å². The molecule has 0 saturated heterocycles. The SMILES string of the molecule is COC(=O)C1=C(C)N(C)C(=S)NC1c1cccc(NC(=O)c2ccccc2)c1. The molecule has 1 amide bonds. The highest BCUT2D eigenvalue weighted by Gasteiger charge is 2.33. The van der Waals surface area contributed by atoms with Crippen molar-refractivity contribution < 1.29 is 14.3 Å². The molecule has 1 aliphatic rings. The van der Waals surface area contributed by atoms with Gasteiger partial charge in [-0.2, -0.15) is 0 Å². The van der Waals surface area contributed by atoms with Gasteiger partial charge in [-0.1, -0.05) is 30.3 Å². The van der Waals surface area contributed by atoms with Crippen molar-refractivity contribution in [3.05, 3.63) is 77.0 Å². The van der Waals surface area contributed by atoms with Crippen LogP contribution >= 0.6 is 12.2 Å². The van der Waals surface area contributed by atoms with Crippen LogP contribution in [0.4, 0.5) is 5.69 Å². The van der Waals surface area contributed by atoms with Crippen LogP contribution < -0.4 is 10.6 Å². The molecule has 1 atom stereocenters. The molecule has 2 N–H and O–H groups in total. The van der Waals surface area contributed by atoms with Crippen LogP contribution in [0.2, 0.25) is 0 Å². The van der Waals surface area contributed by atoms with Crippen LogP contribution in [0, 0.1) is 0 Å². The molecule has 0 aromatic heterocycles. The molecule has 0 saturated carbocycles. The minimum absolute atomic E-state index is 0.204. The van der Waals surface area contributed by atoms with Gasteiger partial charge in [-0.15, -0.1) is 0 Å². The van der Waals surface area contributed by atoms with E-state index in [4.69, 9.17) is 17.0 Å². The topological polar surface area (TPSA) is 70.7 Å². The number of nitrogens with one attached hydrogen (secondary N) is 2. The molecule has 0 radical (unpaired) electrons. The zero-order valence-corrected chi connectivity index (χ0v) is 16.7. The van der Waals surface area contributed by atoms with Gasteiger partial charge in [-0.25, -0.2) is 4.79 Å². The fourth-order valence-electron chi connectivity index (χ4n) is 3.05. The van der Waals surface area contributed by atoms with Crippen molar-refractivity contribution in [3.8, 4) is 0 Å². The van der Waals surface area contributed by atoms with Crippen LogP contribution in [0.1, 0.15) is 28.9 Å². The lowest BCUT2D eigenvalue weighted by atomic mass is 9.95. The molecule has 2 aromatic carbocycles. The van der Waals surface area contributed by atoms with Crippen LogP contribution in [-0.2, 0) is 9.53 Å². The molecule has 0 bridgehead atoms. The molecule has 0 fully saturated rings. The summed E-state index contributed by atoms with van der Waals surface area (Å²) in [6.07, 6.45) is 0. The lowest BCUT2D eigenvalue weighted by Crippen LogP contribution is -2.46.